The number of nitrogens with one attached hydrogen (secondary N) is 1. The minimum absolute atomic E-state index is 0.611. The lowest BCUT2D eigenvalue weighted by molar-refractivity contribution is -0.112. The number of hydrogen-bond donors (Lipinski definition) is 1. The van der Waals surface area contributed by atoms with Crippen LogP contribution in [0.1, 0.15) is 26.7 Å². The zero-order valence-electron chi connectivity index (χ0n) is 6.89. The average molecular weight is 153 g/mol. The van der Waals surface area contributed by atoms with E-state index in [1.165, 1.54) is 0 Å². The highest BCUT2D eigenvalue weighted by molar-refractivity contribution is 6.57. The van der Waals surface area contributed by atoms with Crippen molar-refractivity contribution in [2.24, 2.45) is 0 Å². The highest BCUT2D eigenvalue weighted by atomic mass is 16.1. The first kappa shape index (κ1) is 10.2. The molecule has 0 heterocycles. The van der Waals surface area contributed by atoms with Crippen LogP contribution in [0.5, 0.6) is 0 Å². The van der Waals surface area contributed by atoms with Gasteiger partial charge in [0.25, 0.3) is 0 Å². The molecule has 0 aromatic rings. The van der Waals surface area contributed by atoms with E-state index in [-0.39, 0.29) is 0 Å². The molecule has 1 amide bonds. The van der Waals surface area contributed by atoms with E-state index in [9.17, 15) is 9.59 Å². The summed E-state index contributed by atoms with van der Waals surface area (Å²) < 4.78 is 0. The van der Waals surface area contributed by atoms with Gasteiger partial charge in [-0.3, -0.25) is 4.79 Å². The molecule has 0 saturated carbocycles. The zero-order chi connectivity index (χ0) is 8.91. The van der Waals surface area contributed by atoms with Crippen molar-refractivity contribution in [1.82, 2.24) is 5.32 Å². The molecule has 0 aliphatic heterocycles. The van der Waals surface area contributed by atoms with Crippen LogP contribution in [0, 0.1) is 0 Å². The molecule has 0 rings (SSSR count). The average Bonchev–Trinajstić information content (AvgIpc) is 1.87. The van der Waals surface area contributed by atoms with Crippen LogP contribution in [0.3, 0.4) is 0 Å². The molecular formula is C7H12BNO2. The molecule has 1 atom stereocenters. The van der Waals surface area contributed by atoms with Gasteiger partial charge in [-0.25, -0.2) is 0 Å². The smallest absolute Gasteiger partial charge is 0.200 e. The van der Waals surface area contributed by atoms with Gasteiger partial charge in [-0.1, -0.05) is 13.3 Å². The molecule has 2 radical (unpaired) electrons. The maximum absolute atomic E-state index is 10.5. The number of amides is 1. The van der Waals surface area contributed by atoms with E-state index in [4.69, 9.17) is 7.85 Å². The van der Waals surface area contributed by atoms with Crippen molar-refractivity contribution in [3.05, 3.63) is 0 Å². The summed E-state index contributed by atoms with van der Waals surface area (Å²) in [6.07, 6.45) is 2.15. The second-order valence-corrected chi connectivity index (χ2v) is 2.77. The zero-order valence-corrected chi connectivity index (χ0v) is 6.89. The standard InChI is InChI=1S/C7H12BNO2/c1-3-4-7(2,5-10)9-6(8)11/h5H,3-4H2,1-2H3,(H,9,11). The maximum atomic E-state index is 10.5. The van der Waals surface area contributed by atoms with Gasteiger partial charge < -0.3 is 10.1 Å². The number of carbonyl (C=O) groups excluding carboxylic acids is 2. The summed E-state index contributed by atoms with van der Waals surface area (Å²) in [5, 5.41) is 2.38. The van der Waals surface area contributed by atoms with Crippen LogP contribution in [0.15, 0.2) is 0 Å². The third-order valence-electron chi connectivity index (χ3n) is 1.44. The molecular weight excluding hydrogens is 141 g/mol. The molecule has 0 spiro atoms. The second-order valence-electron chi connectivity index (χ2n) is 2.77. The van der Waals surface area contributed by atoms with E-state index in [1.54, 1.807) is 6.92 Å². The first-order chi connectivity index (χ1) is 5.04. The van der Waals surface area contributed by atoms with Crippen LogP contribution >= 0.6 is 0 Å². The van der Waals surface area contributed by atoms with Gasteiger partial charge >= 0.3 is 0 Å². The molecule has 0 aromatic carbocycles. The van der Waals surface area contributed by atoms with Crippen molar-refractivity contribution in [3.8, 4) is 0 Å². The van der Waals surface area contributed by atoms with Gasteiger partial charge in [-0.15, -0.1) is 0 Å². The van der Waals surface area contributed by atoms with E-state index in [0.29, 0.717) is 12.7 Å². The Morgan fingerprint density at radius 3 is 2.55 bits per heavy atom. The van der Waals surface area contributed by atoms with Gasteiger partial charge in [0, 0.05) is 0 Å². The summed E-state index contributed by atoms with van der Waals surface area (Å²) in [4.78, 5) is 20.9. The van der Waals surface area contributed by atoms with E-state index in [0.717, 1.165) is 6.42 Å². The summed E-state index contributed by atoms with van der Waals surface area (Å²) in [7, 11) is 4.88. The third-order valence-corrected chi connectivity index (χ3v) is 1.44. The minimum atomic E-state index is -0.791. The number of aldehydes is 1. The lowest BCUT2D eigenvalue weighted by Crippen LogP contribution is -2.46. The Balaban J connectivity index is 4.09. The Kier molecular flexibility index (Phi) is 3.86. The third kappa shape index (κ3) is 3.81. The lowest BCUT2D eigenvalue weighted by Gasteiger charge is -2.23. The lowest BCUT2D eigenvalue weighted by atomic mass is 9.96. The normalized spacial score (nSPS) is 15.1. The Labute approximate surface area is 68.0 Å². The molecule has 0 aliphatic rings. The van der Waals surface area contributed by atoms with Crippen LogP contribution in [0.2, 0.25) is 0 Å². The minimum Gasteiger partial charge on any atom is -0.354 e. The summed E-state index contributed by atoms with van der Waals surface area (Å²) in [5.41, 5.74) is -0.791. The quantitative estimate of drug-likeness (QED) is 0.475. The van der Waals surface area contributed by atoms with Crippen LogP contribution in [0.25, 0.3) is 0 Å². The molecule has 11 heavy (non-hydrogen) atoms. The van der Waals surface area contributed by atoms with Crippen LogP contribution in [-0.2, 0) is 4.79 Å². The fraction of sp³-hybridized carbons (Fsp3) is 0.714. The summed E-state index contributed by atoms with van der Waals surface area (Å²) in [5.74, 6) is -0.659. The van der Waals surface area contributed by atoms with E-state index < -0.39 is 11.3 Å². The summed E-state index contributed by atoms with van der Waals surface area (Å²) >= 11 is 0. The highest BCUT2D eigenvalue weighted by Crippen LogP contribution is 2.07. The SMILES string of the molecule is [B]C(=O)NC(C)(C=O)CCC. The summed E-state index contributed by atoms with van der Waals surface area (Å²) in [6, 6.07) is 0. The largest absolute Gasteiger partial charge is 0.354 e. The Hall–Kier alpha value is -0.795. The van der Waals surface area contributed by atoms with Crippen LogP contribution in [-0.4, -0.2) is 25.5 Å². The van der Waals surface area contributed by atoms with Crippen molar-refractivity contribution in [1.29, 1.82) is 0 Å². The van der Waals surface area contributed by atoms with Crippen LogP contribution < -0.4 is 5.32 Å². The van der Waals surface area contributed by atoms with Crippen molar-refractivity contribution >= 4 is 19.9 Å². The van der Waals surface area contributed by atoms with Crippen molar-refractivity contribution in [3.63, 3.8) is 0 Å². The van der Waals surface area contributed by atoms with Crippen molar-refractivity contribution < 1.29 is 9.59 Å². The van der Waals surface area contributed by atoms with Gasteiger partial charge in [0.2, 0.25) is 7.85 Å². The fourth-order valence-electron chi connectivity index (χ4n) is 0.952. The Morgan fingerprint density at radius 2 is 2.27 bits per heavy atom. The molecule has 0 bridgehead atoms. The van der Waals surface area contributed by atoms with Crippen LogP contribution in [0.4, 0.5) is 4.79 Å². The van der Waals surface area contributed by atoms with Gasteiger partial charge in [-0.05, 0) is 13.3 Å². The number of carbonyl (C=O) groups is 2. The number of rotatable bonds is 4. The van der Waals surface area contributed by atoms with Gasteiger partial charge in [-0.2, -0.15) is 0 Å². The maximum Gasteiger partial charge on any atom is 0.200 e. The van der Waals surface area contributed by atoms with Crippen molar-refractivity contribution in [2.75, 3.05) is 0 Å². The van der Waals surface area contributed by atoms with E-state index in [2.05, 4.69) is 5.32 Å². The molecule has 0 aromatic heterocycles. The monoisotopic (exact) mass is 153 g/mol. The second kappa shape index (κ2) is 4.16. The Bertz CT molecular complexity index is 161. The molecule has 0 saturated heterocycles. The Morgan fingerprint density at radius 1 is 1.73 bits per heavy atom. The summed E-state index contributed by atoms with van der Waals surface area (Å²) in [6.45, 7) is 3.58. The first-order valence-corrected chi connectivity index (χ1v) is 3.58. The van der Waals surface area contributed by atoms with Gasteiger partial charge in [0.1, 0.15) is 6.29 Å². The van der Waals surface area contributed by atoms with E-state index in [1.807, 2.05) is 6.92 Å². The highest BCUT2D eigenvalue weighted by Gasteiger charge is 2.22. The predicted octanol–water partition coefficient (Wildman–Crippen LogP) is 0.622. The number of hydrogen-bond acceptors (Lipinski definition) is 2. The molecule has 1 N–H and O–H groups in total. The first-order valence-electron chi connectivity index (χ1n) is 3.58. The molecule has 60 valence electrons. The molecule has 1 unspecified atom stereocenters. The van der Waals surface area contributed by atoms with E-state index >= 15 is 0 Å². The topological polar surface area (TPSA) is 46.2 Å². The predicted molar refractivity (Wildman–Crippen MR) is 43.7 cm³/mol. The van der Waals surface area contributed by atoms with Crippen molar-refractivity contribution in [2.45, 2.75) is 32.2 Å². The fourth-order valence-corrected chi connectivity index (χ4v) is 0.952. The molecule has 3 nitrogen and oxygen atoms in total. The van der Waals surface area contributed by atoms with Gasteiger partial charge in [0.05, 0.1) is 5.54 Å². The molecule has 4 heteroatoms. The molecule has 0 aliphatic carbocycles. The van der Waals surface area contributed by atoms with Gasteiger partial charge in [0.15, 0.2) is 5.81 Å². The molecule has 0 fully saturated rings.